The number of nitrogens with zero attached hydrogens (tertiary/aromatic N) is 1. The monoisotopic (exact) mass is 281 g/mol. The molecule has 1 aliphatic heterocycles. The van der Waals surface area contributed by atoms with Crippen molar-refractivity contribution in [3.8, 4) is 11.1 Å². The van der Waals surface area contributed by atoms with Gasteiger partial charge in [0.2, 0.25) is 5.91 Å². The number of hydrogen-bond acceptors (Lipinski definition) is 3. The summed E-state index contributed by atoms with van der Waals surface area (Å²) < 4.78 is 0. The Balaban J connectivity index is 2.02. The lowest BCUT2D eigenvalue weighted by Gasteiger charge is -2.21. The van der Waals surface area contributed by atoms with Crippen molar-refractivity contribution in [1.82, 2.24) is 4.98 Å². The number of rotatable bonds is 2. The van der Waals surface area contributed by atoms with Gasteiger partial charge in [-0.25, -0.2) is 4.98 Å². The minimum Gasteiger partial charge on any atom is -0.322 e. The van der Waals surface area contributed by atoms with E-state index in [1.165, 1.54) is 0 Å². The summed E-state index contributed by atoms with van der Waals surface area (Å²) in [4.78, 5) is 15.7. The van der Waals surface area contributed by atoms with E-state index in [1.54, 1.807) is 6.20 Å². The number of anilines is 1. The summed E-state index contributed by atoms with van der Waals surface area (Å²) in [6, 6.07) is 10.3. The molecule has 0 spiro atoms. The molecule has 21 heavy (non-hydrogen) atoms. The normalized spacial score (nSPS) is 14.5. The summed E-state index contributed by atoms with van der Waals surface area (Å²) in [7, 11) is 0. The molecular weight excluding hydrogens is 262 g/mol. The zero-order valence-electron chi connectivity index (χ0n) is 12.3. The van der Waals surface area contributed by atoms with Gasteiger partial charge in [-0.3, -0.25) is 4.79 Å². The van der Waals surface area contributed by atoms with E-state index >= 15 is 0 Å². The molecule has 0 fully saturated rings. The Bertz CT molecular complexity index is 684. The highest BCUT2D eigenvalue weighted by Crippen LogP contribution is 2.32. The second-order valence-electron chi connectivity index (χ2n) is 6.03. The minimum atomic E-state index is -0.343. The van der Waals surface area contributed by atoms with Crippen molar-refractivity contribution < 1.29 is 4.79 Å². The van der Waals surface area contributed by atoms with Gasteiger partial charge < -0.3 is 11.1 Å². The maximum atomic E-state index is 11.5. The topological polar surface area (TPSA) is 68.0 Å². The summed E-state index contributed by atoms with van der Waals surface area (Å²) in [5.74, 6) is 0.722. The lowest BCUT2D eigenvalue weighted by Crippen LogP contribution is -2.28. The van der Waals surface area contributed by atoms with Gasteiger partial charge in [-0.05, 0) is 43.0 Å². The van der Waals surface area contributed by atoms with Gasteiger partial charge in [0.25, 0.3) is 0 Å². The Morgan fingerprint density at radius 1 is 1.14 bits per heavy atom. The molecule has 2 heterocycles. The minimum absolute atomic E-state index is 0.0346. The molecule has 3 N–H and O–H groups in total. The van der Waals surface area contributed by atoms with Crippen molar-refractivity contribution in [2.75, 3.05) is 5.32 Å². The lowest BCUT2D eigenvalue weighted by atomic mass is 9.91. The van der Waals surface area contributed by atoms with Crippen LogP contribution in [0.4, 0.5) is 5.82 Å². The first kappa shape index (κ1) is 13.8. The summed E-state index contributed by atoms with van der Waals surface area (Å²) in [5.41, 5.74) is 10.2. The van der Waals surface area contributed by atoms with Crippen LogP contribution in [0.3, 0.4) is 0 Å². The maximum absolute atomic E-state index is 11.5. The molecule has 4 nitrogen and oxygen atoms in total. The number of pyridine rings is 1. The van der Waals surface area contributed by atoms with Crippen LogP contribution in [0.15, 0.2) is 36.5 Å². The van der Waals surface area contributed by atoms with E-state index in [-0.39, 0.29) is 11.4 Å². The lowest BCUT2D eigenvalue weighted by molar-refractivity contribution is -0.116. The Kier molecular flexibility index (Phi) is 3.26. The number of benzene rings is 1. The fourth-order valence-electron chi connectivity index (χ4n) is 2.64. The molecule has 2 aromatic rings. The van der Waals surface area contributed by atoms with Gasteiger partial charge in [0, 0.05) is 23.7 Å². The molecule has 3 rings (SSSR count). The SMILES string of the molecule is CC(C)(N)c1ccc(-c2ccnc3c2CCC(=O)N3)cc1. The largest absolute Gasteiger partial charge is 0.322 e. The van der Waals surface area contributed by atoms with E-state index in [0.717, 1.165) is 28.7 Å². The number of carbonyl (C=O) groups excluding carboxylic acids is 1. The van der Waals surface area contributed by atoms with Crippen molar-refractivity contribution in [2.24, 2.45) is 5.73 Å². The zero-order chi connectivity index (χ0) is 15.0. The first-order valence-electron chi connectivity index (χ1n) is 7.13. The van der Waals surface area contributed by atoms with Gasteiger partial charge in [0.05, 0.1) is 0 Å². The van der Waals surface area contributed by atoms with Crippen LogP contribution in [0.25, 0.3) is 11.1 Å². The summed E-state index contributed by atoms with van der Waals surface area (Å²) >= 11 is 0. The maximum Gasteiger partial charge on any atom is 0.225 e. The van der Waals surface area contributed by atoms with Crippen molar-refractivity contribution in [3.05, 3.63) is 47.7 Å². The quantitative estimate of drug-likeness (QED) is 0.889. The fraction of sp³-hybridized carbons (Fsp3) is 0.294. The standard InChI is InChI=1S/C17H19N3O/c1-17(2,18)12-5-3-11(4-6-12)13-9-10-19-16-14(13)7-8-15(21)20-16/h3-6,9-10H,7-8,18H2,1-2H3,(H,19,20,21). The molecule has 4 heteroatoms. The molecule has 1 amide bonds. The summed E-state index contributed by atoms with van der Waals surface area (Å²) in [6.45, 7) is 3.98. The average Bonchev–Trinajstić information content (AvgIpc) is 2.45. The van der Waals surface area contributed by atoms with Crippen molar-refractivity contribution in [3.63, 3.8) is 0 Å². The molecule has 0 unspecified atom stereocenters. The molecule has 0 aliphatic carbocycles. The second kappa shape index (κ2) is 4.97. The van der Waals surface area contributed by atoms with Crippen molar-refractivity contribution >= 4 is 11.7 Å². The van der Waals surface area contributed by atoms with Gasteiger partial charge in [-0.1, -0.05) is 24.3 Å². The predicted octanol–water partition coefficient (Wildman–Crippen LogP) is 2.83. The molecule has 0 bridgehead atoms. The Morgan fingerprint density at radius 3 is 2.52 bits per heavy atom. The third-order valence-electron chi connectivity index (χ3n) is 3.86. The van der Waals surface area contributed by atoms with Crippen LogP contribution in [0.2, 0.25) is 0 Å². The van der Waals surface area contributed by atoms with Crippen LogP contribution >= 0.6 is 0 Å². The molecule has 1 aromatic heterocycles. The van der Waals surface area contributed by atoms with Gasteiger partial charge in [-0.15, -0.1) is 0 Å². The Labute approximate surface area is 124 Å². The van der Waals surface area contributed by atoms with E-state index in [2.05, 4.69) is 34.6 Å². The molecule has 108 valence electrons. The molecule has 0 saturated heterocycles. The van der Waals surface area contributed by atoms with Crippen molar-refractivity contribution in [1.29, 1.82) is 0 Å². The third kappa shape index (κ3) is 2.67. The number of amides is 1. The number of aromatic nitrogens is 1. The van der Waals surface area contributed by atoms with Crippen LogP contribution in [0.5, 0.6) is 0 Å². The first-order valence-corrected chi connectivity index (χ1v) is 7.13. The van der Waals surface area contributed by atoms with Crippen LogP contribution in [-0.2, 0) is 16.8 Å². The summed E-state index contributed by atoms with van der Waals surface area (Å²) in [5, 5.41) is 2.84. The van der Waals surface area contributed by atoms with Gasteiger partial charge in [-0.2, -0.15) is 0 Å². The van der Waals surface area contributed by atoms with E-state index in [1.807, 2.05) is 19.9 Å². The molecule has 0 saturated carbocycles. The number of nitrogens with one attached hydrogen (secondary N) is 1. The molecule has 1 aliphatic rings. The number of carbonyl (C=O) groups is 1. The highest BCUT2D eigenvalue weighted by atomic mass is 16.1. The smallest absolute Gasteiger partial charge is 0.225 e. The summed E-state index contributed by atoms with van der Waals surface area (Å²) in [6.07, 6.45) is 2.98. The molecule has 0 atom stereocenters. The van der Waals surface area contributed by atoms with Crippen LogP contribution < -0.4 is 11.1 Å². The van der Waals surface area contributed by atoms with Gasteiger partial charge in [0.1, 0.15) is 5.82 Å². The predicted molar refractivity (Wildman–Crippen MR) is 83.8 cm³/mol. The molecular formula is C17H19N3O. The van der Waals surface area contributed by atoms with Crippen LogP contribution in [0, 0.1) is 0 Å². The molecule has 1 aromatic carbocycles. The number of nitrogens with two attached hydrogens (primary N) is 1. The van der Waals surface area contributed by atoms with E-state index < -0.39 is 0 Å². The Morgan fingerprint density at radius 2 is 1.86 bits per heavy atom. The second-order valence-corrected chi connectivity index (χ2v) is 6.03. The fourth-order valence-corrected chi connectivity index (χ4v) is 2.64. The highest BCUT2D eigenvalue weighted by Gasteiger charge is 2.20. The van der Waals surface area contributed by atoms with Gasteiger partial charge >= 0.3 is 0 Å². The van der Waals surface area contributed by atoms with Crippen molar-refractivity contribution in [2.45, 2.75) is 32.2 Å². The Hall–Kier alpha value is -2.20. The number of hydrogen-bond donors (Lipinski definition) is 2. The zero-order valence-corrected chi connectivity index (χ0v) is 12.3. The molecule has 0 radical (unpaired) electrons. The van der Waals surface area contributed by atoms with E-state index in [0.29, 0.717) is 12.2 Å². The highest BCUT2D eigenvalue weighted by molar-refractivity contribution is 5.94. The third-order valence-corrected chi connectivity index (χ3v) is 3.86. The van der Waals surface area contributed by atoms with Crippen LogP contribution in [0.1, 0.15) is 31.4 Å². The average molecular weight is 281 g/mol. The van der Waals surface area contributed by atoms with Gasteiger partial charge in [0.15, 0.2) is 0 Å². The van der Waals surface area contributed by atoms with E-state index in [4.69, 9.17) is 5.73 Å². The van der Waals surface area contributed by atoms with Crippen LogP contribution in [-0.4, -0.2) is 10.9 Å². The number of fused-ring (bicyclic) bond motifs is 1. The van der Waals surface area contributed by atoms with E-state index in [9.17, 15) is 4.79 Å². The first-order chi connectivity index (χ1) is 9.95.